The Morgan fingerprint density at radius 1 is 1.29 bits per heavy atom. The van der Waals surface area contributed by atoms with Crippen LogP contribution < -0.4 is 5.32 Å². The molecule has 1 N–H and O–H groups in total. The third-order valence-electron chi connectivity index (χ3n) is 2.02. The van der Waals surface area contributed by atoms with Crippen molar-refractivity contribution < 1.29 is 0 Å². The number of nitrogens with one attached hydrogen (secondary N) is 1. The number of benzene rings is 1. The molecule has 0 bridgehead atoms. The van der Waals surface area contributed by atoms with E-state index >= 15 is 0 Å². The van der Waals surface area contributed by atoms with Gasteiger partial charge in [-0.2, -0.15) is 0 Å². The SMILES string of the molecule is Cc1ccc(CNC(C)(C)C)c(Cl)c1. The highest BCUT2D eigenvalue weighted by Crippen LogP contribution is 2.18. The Balaban J connectivity index is 2.68. The van der Waals surface area contributed by atoms with Crippen molar-refractivity contribution in [1.82, 2.24) is 5.32 Å². The minimum absolute atomic E-state index is 0.133. The van der Waals surface area contributed by atoms with Gasteiger partial charge in [0, 0.05) is 17.1 Å². The molecule has 0 aliphatic carbocycles. The Kier molecular flexibility index (Phi) is 3.57. The number of hydrogen-bond acceptors (Lipinski definition) is 1. The summed E-state index contributed by atoms with van der Waals surface area (Å²) in [6.45, 7) is 9.31. The van der Waals surface area contributed by atoms with Gasteiger partial charge in [-0.15, -0.1) is 0 Å². The van der Waals surface area contributed by atoms with Crippen molar-refractivity contribution in [3.8, 4) is 0 Å². The average molecular weight is 212 g/mol. The lowest BCUT2D eigenvalue weighted by Crippen LogP contribution is -2.35. The van der Waals surface area contributed by atoms with E-state index in [0.717, 1.165) is 17.1 Å². The van der Waals surface area contributed by atoms with E-state index in [1.165, 1.54) is 5.56 Å². The first kappa shape index (κ1) is 11.5. The van der Waals surface area contributed by atoms with Crippen LogP contribution in [0.3, 0.4) is 0 Å². The van der Waals surface area contributed by atoms with Gasteiger partial charge in [-0.3, -0.25) is 0 Å². The van der Waals surface area contributed by atoms with Crippen LogP contribution in [0.4, 0.5) is 0 Å². The Bertz CT molecular complexity index is 313. The van der Waals surface area contributed by atoms with Crippen LogP contribution in [0, 0.1) is 6.92 Å². The van der Waals surface area contributed by atoms with Gasteiger partial charge in [-0.1, -0.05) is 23.7 Å². The second kappa shape index (κ2) is 4.33. The van der Waals surface area contributed by atoms with E-state index in [1.54, 1.807) is 0 Å². The zero-order chi connectivity index (χ0) is 10.8. The van der Waals surface area contributed by atoms with Crippen molar-refractivity contribution in [2.24, 2.45) is 0 Å². The van der Waals surface area contributed by atoms with E-state index in [4.69, 9.17) is 11.6 Å². The number of aryl methyl sites for hydroxylation is 1. The fourth-order valence-corrected chi connectivity index (χ4v) is 1.46. The van der Waals surface area contributed by atoms with Crippen molar-refractivity contribution in [3.05, 3.63) is 34.3 Å². The van der Waals surface area contributed by atoms with Gasteiger partial charge in [0.05, 0.1) is 0 Å². The molecule has 1 nitrogen and oxygen atoms in total. The molecule has 0 aromatic heterocycles. The maximum absolute atomic E-state index is 6.12. The highest BCUT2D eigenvalue weighted by atomic mass is 35.5. The molecule has 0 fully saturated rings. The zero-order valence-corrected chi connectivity index (χ0v) is 10.1. The molecule has 1 aromatic rings. The predicted molar refractivity (Wildman–Crippen MR) is 62.8 cm³/mol. The molecular weight excluding hydrogens is 194 g/mol. The molecule has 78 valence electrons. The van der Waals surface area contributed by atoms with Gasteiger partial charge in [0.25, 0.3) is 0 Å². The van der Waals surface area contributed by atoms with Crippen LogP contribution in [0.25, 0.3) is 0 Å². The summed E-state index contributed by atoms with van der Waals surface area (Å²) in [5.74, 6) is 0. The fourth-order valence-electron chi connectivity index (χ4n) is 1.16. The maximum atomic E-state index is 6.12. The summed E-state index contributed by atoms with van der Waals surface area (Å²) in [6.07, 6.45) is 0. The number of halogens is 1. The minimum atomic E-state index is 0.133. The fraction of sp³-hybridized carbons (Fsp3) is 0.500. The van der Waals surface area contributed by atoms with Crippen LogP contribution in [0.2, 0.25) is 5.02 Å². The van der Waals surface area contributed by atoms with Gasteiger partial charge >= 0.3 is 0 Å². The first-order valence-corrected chi connectivity index (χ1v) is 5.26. The maximum Gasteiger partial charge on any atom is 0.0453 e. The molecule has 1 aromatic carbocycles. The van der Waals surface area contributed by atoms with Gasteiger partial charge in [-0.25, -0.2) is 0 Å². The largest absolute Gasteiger partial charge is 0.308 e. The molecule has 0 heterocycles. The predicted octanol–water partition coefficient (Wildman–Crippen LogP) is 3.54. The van der Waals surface area contributed by atoms with Crippen LogP contribution in [-0.2, 0) is 6.54 Å². The first-order valence-electron chi connectivity index (χ1n) is 4.88. The van der Waals surface area contributed by atoms with E-state index in [2.05, 4.69) is 38.2 Å². The minimum Gasteiger partial charge on any atom is -0.308 e. The molecule has 14 heavy (non-hydrogen) atoms. The van der Waals surface area contributed by atoms with Crippen LogP contribution in [0.1, 0.15) is 31.9 Å². The van der Waals surface area contributed by atoms with Crippen LogP contribution in [0.15, 0.2) is 18.2 Å². The summed E-state index contributed by atoms with van der Waals surface area (Å²) >= 11 is 6.12. The van der Waals surface area contributed by atoms with Crippen LogP contribution in [0.5, 0.6) is 0 Å². The molecule has 0 spiro atoms. The highest BCUT2D eigenvalue weighted by molar-refractivity contribution is 6.31. The second-order valence-electron chi connectivity index (χ2n) is 4.70. The third-order valence-corrected chi connectivity index (χ3v) is 2.37. The first-order chi connectivity index (χ1) is 6.38. The normalized spacial score (nSPS) is 11.8. The van der Waals surface area contributed by atoms with Gasteiger partial charge in [0.1, 0.15) is 0 Å². The Hall–Kier alpha value is -0.530. The van der Waals surface area contributed by atoms with Crippen molar-refractivity contribution >= 4 is 11.6 Å². The smallest absolute Gasteiger partial charge is 0.0453 e. The van der Waals surface area contributed by atoms with Gasteiger partial charge in [0.2, 0.25) is 0 Å². The van der Waals surface area contributed by atoms with E-state index < -0.39 is 0 Å². The van der Waals surface area contributed by atoms with E-state index in [0.29, 0.717) is 0 Å². The lowest BCUT2D eigenvalue weighted by Gasteiger charge is -2.21. The van der Waals surface area contributed by atoms with Crippen molar-refractivity contribution in [2.75, 3.05) is 0 Å². The van der Waals surface area contributed by atoms with Gasteiger partial charge in [0.15, 0.2) is 0 Å². The summed E-state index contributed by atoms with van der Waals surface area (Å²) in [7, 11) is 0. The summed E-state index contributed by atoms with van der Waals surface area (Å²) < 4.78 is 0. The van der Waals surface area contributed by atoms with Gasteiger partial charge < -0.3 is 5.32 Å². The monoisotopic (exact) mass is 211 g/mol. The van der Waals surface area contributed by atoms with Crippen LogP contribution >= 0.6 is 11.6 Å². The lowest BCUT2D eigenvalue weighted by atomic mass is 10.1. The molecule has 0 amide bonds. The number of hydrogen-bond donors (Lipinski definition) is 1. The van der Waals surface area contributed by atoms with E-state index in [1.807, 2.05) is 13.0 Å². The highest BCUT2D eigenvalue weighted by Gasteiger charge is 2.09. The molecule has 0 saturated heterocycles. The van der Waals surface area contributed by atoms with Crippen LogP contribution in [-0.4, -0.2) is 5.54 Å². The van der Waals surface area contributed by atoms with E-state index in [-0.39, 0.29) is 5.54 Å². The third kappa shape index (κ3) is 3.69. The Morgan fingerprint density at radius 3 is 2.43 bits per heavy atom. The molecule has 0 unspecified atom stereocenters. The molecule has 0 radical (unpaired) electrons. The summed E-state index contributed by atoms with van der Waals surface area (Å²) in [5.41, 5.74) is 2.50. The topological polar surface area (TPSA) is 12.0 Å². The molecule has 0 atom stereocenters. The van der Waals surface area contributed by atoms with Crippen molar-refractivity contribution in [2.45, 2.75) is 39.8 Å². The lowest BCUT2D eigenvalue weighted by molar-refractivity contribution is 0.424. The Morgan fingerprint density at radius 2 is 1.93 bits per heavy atom. The quantitative estimate of drug-likeness (QED) is 0.789. The molecule has 0 aliphatic heterocycles. The van der Waals surface area contributed by atoms with Gasteiger partial charge in [-0.05, 0) is 44.9 Å². The summed E-state index contributed by atoms with van der Waals surface area (Å²) in [6, 6.07) is 6.17. The second-order valence-corrected chi connectivity index (χ2v) is 5.11. The molecular formula is C12H18ClN. The summed E-state index contributed by atoms with van der Waals surface area (Å²) in [4.78, 5) is 0. The zero-order valence-electron chi connectivity index (χ0n) is 9.32. The Labute approximate surface area is 91.5 Å². The number of rotatable bonds is 2. The molecule has 0 saturated carbocycles. The molecule has 0 aliphatic rings. The van der Waals surface area contributed by atoms with Crippen molar-refractivity contribution in [3.63, 3.8) is 0 Å². The van der Waals surface area contributed by atoms with E-state index in [9.17, 15) is 0 Å². The average Bonchev–Trinajstić information content (AvgIpc) is 2.00. The molecule has 1 rings (SSSR count). The van der Waals surface area contributed by atoms with Crippen molar-refractivity contribution in [1.29, 1.82) is 0 Å². The molecule has 2 heteroatoms. The standard InChI is InChI=1S/C12H18ClN/c1-9-5-6-10(11(13)7-9)8-14-12(2,3)4/h5-7,14H,8H2,1-4H3. The summed E-state index contributed by atoms with van der Waals surface area (Å²) in [5, 5.41) is 4.26.